The van der Waals surface area contributed by atoms with Crippen LogP contribution in [-0.2, 0) is 6.54 Å². The average Bonchev–Trinajstić information content (AvgIpc) is 3.18. The Morgan fingerprint density at radius 1 is 1.15 bits per heavy atom. The molecule has 0 aliphatic heterocycles. The van der Waals surface area contributed by atoms with Crippen LogP contribution in [-0.4, -0.2) is 42.7 Å². The summed E-state index contributed by atoms with van der Waals surface area (Å²) in [5.41, 5.74) is 8.74. The van der Waals surface area contributed by atoms with E-state index in [4.69, 9.17) is 10.8 Å². The van der Waals surface area contributed by atoms with Crippen molar-refractivity contribution in [2.75, 3.05) is 11.1 Å². The molecule has 3 heterocycles. The SMILES string of the molecule is C=C[C@@H](Cn1cc(-c2ccc(C(=O)Nc3ccccn3)cc2)c2c(N)ncnc21)NC(=O)O. The first-order valence-electron chi connectivity index (χ1n) is 10.0. The van der Waals surface area contributed by atoms with Gasteiger partial charge in [0.15, 0.2) is 0 Å². The number of rotatable bonds is 7. The number of hydrogen-bond acceptors (Lipinski definition) is 6. The van der Waals surface area contributed by atoms with Crippen molar-refractivity contribution < 1.29 is 14.7 Å². The fraction of sp³-hybridized carbons (Fsp3) is 0.0870. The molecule has 4 rings (SSSR count). The van der Waals surface area contributed by atoms with E-state index in [-0.39, 0.29) is 12.5 Å². The molecule has 0 aliphatic rings. The monoisotopic (exact) mass is 443 g/mol. The van der Waals surface area contributed by atoms with E-state index >= 15 is 0 Å². The van der Waals surface area contributed by atoms with Gasteiger partial charge in [-0.15, -0.1) is 6.58 Å². The first-order valence-corrected chi connectivity index (χ1v) is 10.0. The fourth-order valence-corrected chi connectivity index (χ4v) is 3.48. The van der Waals surface area contributed by atoms with Gasteiger partial charge in [-0.3, -0.25) is 4.79 Å². The number of nitrogens with two attached hydrogens (primary N) is 1. The summed E-state index contributed by atoms with van der Waals surface area (Å²) in [7, 11) is 0. The first-order chi connectivity index (χ1) is 16.0. The zero-order valence-corrected chi connectivity index (χ0v) is 17.5. The number of nitrogens with zero attached hydrogens (tertiary/aromatic N) is 4. The third-order valence-electron chi connectivity index (χ3n) is 5.03. The average molecular weight is 443 g/mol. The minimum Gasteiger partial charge on any atom is -0.465 e. The number of carbonyl (C=O) groups excluding carboxylic acids is 1. The van der Waals surface area contributed by atoms with Gasteiger partial charge in [-0.25, -0.2) is 19.7 Å². The number of fused-ring (bicyclic) bond motifs is 1. The van der Waals surface area contributed by atoms with Crippen molar-refractivity contribution in [3.05, 3.63) is 79.4 Å². The highest BCUT2D eigenvalue weighted by atomic mass is 16.4. The standard InChI is InChI=1S/C23H21N7O3/c1-2-16(28-23(32)33)11-30-12-17(19-20(24)26-13-27-21(19)30)14-6-8-15(9-7-14)22(31)29-18-5-3-4-10-25-18/h2-10,12-13,16,28H,1,11H2,(H,32,33)(H2,24,26,27)(H,25,29,31)/t16-/m0/s1. The number of benzene rings is 1. The fourth-order valence-electron chi connectivity index (χ4n) is 3.48. The number of nitrogens with one attached hydrogen (secondary N) is 2. The molecule has 0 saturated carbocycles. The van der Waals surface area contributed by atoms with E-state index in [0.29, 0.717) is 28.2 Å². The van der Waals surface area contributed by atoms with Gasteiger partial charge in [-0.1, -0.05) is 24.3 Å². The molecule has 0 saturated heterocycles. The van der Waals surface area contributed by atoms with Crippen LogP contribution in [0.15, 0.2) is 73.8 Å². The quantitative estimate of drug-likeness (QED) is 0.321. The maximum Gasteiger partial charge on any atom is 0.405 e. The summed E-state index contributed by atoms with van der Waals surface area (Å²) in [6.07, 6.45) is 5.16. The van der Waals surface area contributed by atoms with Gasteiger partial charge in [-0.2, -0.15) is 0 Å². The zero-order chi connectivity index (χ0) is 23.4. The van der Waals surface area contributed by atoms with Crippen molar-refractivity contribution in [3.63, 3.8) is 0 Å². The van der Waals surface area contributed by atoms with Gasteiger partial charge in [0.05, 0.1) is 11.4 Å². The Balaban J connectivity index is 1.66. The van der Waals surface area contributed by atoms with Crippen LogP contribution in [0.4, 0.5) is 16.4 Å². The van der Waals surface area contributed by atoms with Crippen LogP contribution >= 0.6 is 0 Å². The molecule has 1 atom stereocenters. The minimum absolute atomic E-state index is 0.271. The summed E-state index contributed by atoms with van der Waals surface area (Å²) in [6, 6.07) is 11.8. The lowest BCUT2D eigenvalue weighted by Gasteiger charge is -2.13. The van der Waals surface area contributed by atoms with E-state index in [2.05, 4.69) is 32.2 Å². The molecule has 3 aromatic heterocycles. The van der Waals surface area contributed by atoms with Crippen molar-refractivity contribution >= 4 is 34.7 Å². The van der Waals surface area contributed by atoms with E-state index in [1.54, 1.807) is 53.2 Å². The molecule has 166 valence electrons. The highest BCUT2D eigenvalue weighted by molar-refractivity contribution is 6.05. The molecular formula is C23H21N7O3. The molecular weight excluding hydrogens is 422 g/mol. The molecule has 0 unspecified atom stereocenters. The zero-order valence-electron chi connectivity index (χ0n) is 17.5. The Bertz CT molecular complexity index is 1320. The molecule has 10 nitrogen and oxygen atoms in total. The van der Waals surface area contributed by atoms with E-state index in [1.807, 2.05) is 6.20 Å². The molecule has 2 amide bonds. The highest BCUT2D eigenvalue weighted by Crippen LogP contribution is 2.33. The molecule has 0 fully saturated rings. The summed E-state index contributed by atoms with van der Waals surface area (Å²) in [4.78, 5) is 36.1. The van der Waals surface area contributed by atoms with Gasteiger partial charge in [-0.05, 0) is 29.8 Å². The third-order valence-corrected chi connectivity index (χ3v) is 5.03. The predicted octanol–water partition coefficient (Wildman–Crippen LogP) is 3.15. The van der Waals surface area contributed by atoms with Gasteiger partial charge < -0.3 is 26.0 Å². The number of anilines is 2. The van der Waals surface area contributed by atoms with Crippen LogP contribution in [0.5, 0.6) is 0 Å². The Hall–Kier alpha value is -4.73. The molecule has 5 N–H and O–H groups in total. The van der Waals surface area contributed by atoms with Gasteiger partial charge in [0.25, 0.3) is 5.91 Å². The second kappa shape index (κ2) is 9.18. The number of carboxylic acid groups (broad SMARTS) is 1. The van der Waals surface area contributed by atoms with Crippen LogP contribution < -0.4 is 16.4 Å². The maximum atomic E-state index is 12.5. The second-order valence-electron chi connectivity index (χ2n) is 7.19. The van der Waals surface area contributed by atoms with Gasteiger partial charge in [0.1, 0.15) is 23.6 Å². The van der Waals surface area contributed by atoms with E-state index < -0.39 is 12.1 Å². The number of aromatic nitrogens is 4. The van der Waals surface area contributed by atoms with Crippen LogP contribution in [0, 0.1) is 0 Å². The second-order valence-corrected chi connectivity index (χ2v) is 7.19. The van der Waals surface area contributed by atoms with Crippen LogP contribution in [0.2, 0.25) is 0 Å². The number of amides is 2. The molecule has 0 spiro atoms. The topological polar surface area (TPSA) is 148 Å². The molecule has 0 bridgehead atoms. The van der Waals surface area contributed by atoms with Gasteiger partial charge >= 0.3 is 6.09 Å². The summed E-state index contributed by atoms with van der Waals surface area (Å²) >= 11 is 0. The lowest BCUT2D eigenvalue weighted by molar-refractivity contribution is 0.102. The summed E-state index contributed by atoms with van der Waals surface area (Å²) in [5.74, 6) is 0.484. The Morgan fingerprint density at radius 3 is 2.61 bits per heavy atom. The van der Waals surface area contributed by atoms with Crippen molar-refractivity contribution in [1.29, 1.82) is 0 Å². The minimum atomic E-state index is -1.15. The van der Waals surface area contributed by atoms with Crippen molar-refractivity contribution in [1.82, 2.24) is 24.8 Å². The molecule has 10 heteroatoms. The summed E-state index contributed by atoms with van der Waals surface area (Å²) in [5, 5.41) is 14.8. The number of hydrogen-bond donors (Lipinski definition) is 4. The lowest BCUT2D eigenvalue weighted by Crippen LogP contribution is -2.35. The maximum absolute atomic E-state index is 12.5. The molecule has 4 aromatic rings. The van der Waals surface area contributed by atoms with Crippen LogP contribution in [0.3, 0.4) is 0 Å². The van der Waals surface area contributed by atoms with Crippen molar-refractivity contribution in [3.8, 4) is 11.1 Å². The summed E-state index contributed by atoms with van der Waals surface area (Å²) < 4.78 is 1.80. The number of pyridine rings is 1. The molecule has 1 aromatic carbocycles. The van der Waals surface area contributed by atoms with Crippen molar-refractivity contribution in [2.45, 2.75) is 12.6 Å². The lowest BCUT2D eigenvalue weighted by atomic mass is 10.0. The normalized spacial score (nSPS) is 11.6. The van der Waals surface area contributed by atoms with Crippen LogP contribution in [0.1, 0.15) is 10.4 Å². The van der Waals surface area contributed by atoms with Crippen LogP contribution in [0.25, 0.3) is 22.2 Å². The number of carbonyl (C=O) groups is 2. The van der Waals surface area contributed by atoms with E-state index in [9.17, 15) is 9.59 Å². The smallest absolute Gasteiger partial charge is 0.405 e. The predicted molar refractivity (Wildman–Crippen MR) is 125 cm³/mol. The molecule has 0 radical (unpaired) electrons. The third kappa shape index (κ3) is 4.64. The Labute approximate surface area is 188 Å². The van der Waals surface area contributed by atoms with Gasteiger partial charge in [0.2, 0.25) is 0 Å². The van der Waals surface area contributed by atoms with Gasteiger partial charge in [0, 0.05) is 30.1 Å². The molecule has 0 aliphatic carbocycles. The van der Waals surface area contributed by atoms with E-state index in [0.717, 1.165) is 11.1 Å². The Kier molecular flexibility index (Phi) is 5.98. The Morgan fingerprint density at radius 2 is 1.94 bits per heavy atom. The van der Waals surface area contributed by atoms with E-state index in [1.165, 1.54) is 12.4 Å². The largest absolute Gasteiger partial charge is 0.465 e. The first kappa shape index (κ1) is 21.5. The van der Waals surface area contributed by atoms with Crippen molar-refractivity contribution in [2.24, 2.45) is 0 Å². The highest BCUT2D eigenvalue weighted by Gasteiger charge is 2.18. The summed E-state index contributed by atoms with van der Waals surface area (Å²) in [6.45, 7) is 3.96. The number of nitrogen functional groups attached to an aromatic ring is 1. The molecule has 33 heavy (non-hydrogen) atoms.